The van der Waals surface area contributed by atoms with E-state index in [0.717, 1.165) is 29.8 Å². The number of amides is 2. The molecule has 1 aromatic carbocycles. The van der Waals surface area contributed by atoms with E-state index in [2.05, 4.69) is 30.6 Å². The summed E-state index contributed by atoms with van der Waals surface area (Å²) in [5.41, 5.74) is 1.28. The van der Waals surface area contributed by atoms with Crippen molar-refractivity contribution in [3.05, 3.63) is 47.0 Å². The van der Waals surface area contributed by atoms with Gasteiger partial charge in [-0.2, -0.15) is 0 Å². The van der Waals surface area contributed by atoms with Gasteiger partial charge < -0.3 is 10.6 Å². The average molecular weight is 455 g/mol. The summed E-state index contributed by atoms with van der Waals surface area (Å²) in [5.74, 6) is 2.16. The molecule has 0 aromatic heterocycles. The normalized spacial score (nSPS) is 40.1. The highest BCUT2D eigenvalue weighted by Gasteiger charge is 2.59. The van der Waals surface area contributed by atoms with Gasteiger partial charge in [0.25, 0.3) is 0 Å². The largest absolute Gasteiger partial charge is 0.353 e. The zero-order valence-corrected chi connectivity index (χ0v) is 20.0. The first kappa shape index (κ1) is 22.0. The molecule has 3 aliphatic carbocycles. The first-order chi connectivity index (χ1) is 15.3. The van der Waals surface area contributed by atoms with E-state index in [1.807, 2.05) is 24.3 Å². The number of benzene rings is 1. The highest BCUT2D eigenvalue weighted by Crippen LogP contribution is 2.63. The number of fused-ring (bicyclic) bond motifs is 5. The van der Waals surface area contributed by atoms with Gasteiger partial charge in [0, 0.05) is 28.9 Å². The molecule has 2 amide bonds. The van der Waals surface area contributed by atoms with Crippen molar-refractivity contribution in [2.24, 2.45) is 28.6 Å². The maximum Gasteiger partial charge on any atom is 0.243 e. The van der Waals surface area contributed by atoms with Crippen LogP contribution in [0.4, 0.5) is 0 Å². The smallest absolute Gasteiger partial charge is 0.243 e. The molecule has 5 rings (SSSR count). The lowest BCUT2D eigenvalue weighted by Crippen LogP contribution is -2.60. The number of halogens is 1. The van der Waals surface area contributed by atoms with Gasteiger partial charge in [-0.3, -0.25) is 9.59 Å². The Bertz CT molecular complexity index is 945. The van der Waals surface area contributed by atoms with Crippen LogP contribution in [0, 0.1) is 28.6 Å². The standard InChI is InChI=1S/C27H35ClN2O2/c1-26-15-13-20-18(8-10-22-27(20,2)16-14-25(32)30-22)19(26)9-11-23(26)29-24(31)12-7-17-5-3-4-6-21(17)28/h3-6,14,16,18-20,22-23H,7-13,15H2,1-2H3,(H,29,31)(H,30,32)/t18-,19-,20+,22?,23?,26-,27+/m0/s1. The van der Waals surface area contributed by atoms with Crippen LogP contribution < -0.4 is 10.6 Å². The maximum absolute atomic E-state index is 12.8. The van der Waals surface area contributed by atoms with Gasteiger partial charge in [-0.25, -0.2) is 0 Å². The Morgan fingerprint density at radius 3 is 2.75 bits per heavy atom. The van der Waals surface area contributed by atoms with Crippen LogP contribution in [0.1, 0.15) is 64.4 Å². The molecule has 2 unspecified atom stereocenters. The van der Waals surface area contributed by atoms with Crippen molar-refractivity contribution in [1.82, 2.24) is 10.6 Å². The molecule has 0 spiro atoms. The predicted molar refractivity (Wildman–Crippen MR) is 127 cm³/mol. The Morgan fingerprint density at radius 1 is 1.12 bits per heavy atom. The lowest BCUT2D eigenvalue weighted by molar-refractivity contribution is -0.124. The van der Waals surface area contributed by atoms with Crippen LogP contribution in [-0.4, -0.2) is 23.9 Å². The SMILES string of the molecule is C[C@]12C=CC(=O)NC1CC[C@@H]1[C@H]2CC[C@]2(C)C(NC(=O)CCc3ccccc3Cl)CC[C@@H]12. The number of aryl methyl sites for hydroxylation is 1. The quantitative estimate of drug-likeness (QED) is 0.668. The van der Waals surface area contributed by atoms with Gasteiger partial charge in [-0.1, -0.05) is 49.7 Å². The zero-order chi connectivity index (χ0) is 22.5. The highest BCUT2D eigenvalue weighted by atomic mass is 35.5. The van der Waals surface area contributed by atoms with Gasteiger partial charge in [-0.05, 0) is 85.8 Å². The van der Waals surface area contributed by atoms with Gasteiger partial charge >= 0.3 is 0 Å². The zero-order valence-electron chi connectivity index (χ0n) is 19.2. The molecule has 1 heterocycles. The number of rotatable bonds is 4. The predicted octanol–water partition coefficient (Wildman–Crippen LogP) is 5.05. The molecule has 4 nitrogen and oxygen atoms in total. The van der Waals surface area contributed by atoms with E-state index in [9.17, 15) is 9.59 Å². The Kier molecular flexibility index (Phi) is 5.64. The molecule has 0 radical (unpaired) electrons. The number of hydrogen-bond acceptors (Lipinski definition) is 2. The Morgan fingerprint density at radius 2 is 1.94 bits per heavy atom. The van der Waals surface area contributed by atoms with E-state index < -0.39 is 0 Å². The summed E-state index contributed by atoms with van der Waals surface area (Å²) in [7, 11) is 0. The van der Waals surface area contributed by atoms with Crippen molar-refractivity contribution in [2.45, 2.75) is 77.3 Å². The summed E-state index contributed by atoms with van der Waals surface area (Å²) in [6.07, 6.45) is 12.0. The van der Waals surface area contributed by atoms with E-state index in [1.54, 1.807) is 6.08 Å². The molecular formula is C27H35ClN2O2. The fourth-order valence-electron chi connectivity index (χ4n) is 7.79. The van der Waals surface area contributed by atoms with E-state index in [1.165, 1.54) is 19.3 Å². The summed E-state index contributed by atoms with van der Waals surface area (Å²) in [6, 6.07) is 8.32. The van der Waals surface area contributed by atoms with Crippen LogP contribution in [0.2, 0.25) is 5.02 Å². The van der Waals surface area contributed by atoms with Crippen LogP contribution in [0.5, 0.6) is 0 Å². The molecule has 0 saturated heterocycles. The van der Waals surface area contributed by atoms with E-state index in [0.29, 0.717) is 30.6 Å². The van der Waals surface area contributed by atoms with Crippen molar-refractivity contribution >= 4 is 23.4 Å². The summed E-state index contributed by atoms with van der Waals surface area (Å²) in [4.78, 5) is 24.8. The average Bonchev–Trinajstić information content (AvgIpc) is 3.10. The second-order valence-corrected chi connectivity index (χ2v) is 11.5. The van der Waals surface area contributed by atoms with Crippen molar-refractivity contribution in [2.75, 3.05) is 0 Å². The third-order valence-electron chi connectivity index (χ3n) is 9.60. The second kappa shape index (κ2) is 8.20. The minimum atomic E-state index is 0.0620. The first-order valence-corrected chi connectivity index (χ1v) is 12.7. The van der Waals surface area contributed by atoms with Crippen molar-refractivity contribution in [3.8, 4) is 0 Å². The highest BCUT2D eigenvalue weighted by molar-refractivity contribution is 6.31. The topological polar surface area (TPSA) is 58.2 Å². The Balaban J connectivity index is 1.26. The number of nitrogens with one attached hydrogen (secondary N) is 2. The van der Waals surface area contributed by atoms with Crippen LogP contribution in [-0.2, 0) is 16.0 Å². The van der Waals surface area contributed by atoms with Crippen molar-refractivity contribution in [1.29, 1.82) is 0 Å². The molecule has 3 saturated carbocycles. The molecule has 5 heteroatoms. The monoisotopic (exact) mass is 454 g/mol. The minimum Gasteiger partial charge on any atom is -0.353 e. The summed E-state index contributed by atoms with van der Waals surface area (Å²) >= 11 is 6.26. The van der Waals surface area contributed by atoms with Crippen LogP contribution in [0.25, 0.3) is 0 Å². The van der Waals surface area contributed by atoms with Gasteiger partial charge in [0.2, 0.25) is 11.8 Å². The molecule has 7 atom stereocenters. The van der Waals surface area contributed by atoms with Crippen LogP contribution in [0.15, 0.2) is 36.4 Å². The fraction of sp³-hybridized carbons (Fsp3) is 0.630. The molecular weight excluding hydrogens is 420 g/mol. The van der Waals surface area contributed by atoms with Crippen molar-refractivity contribution < 1.29 is 9.59 Å². The van der Waals surface area contributed by atoms with Gasteiger partial charge in [-0.15, -0.1) is 0 Å². The molecule has 172 valence electrons. The molecule has 1 aromatic rings. The lowest BCUT2D eigenvalue weighted by atomic mass is 9.48. The molecule has 1 aliphatic heterocycles. The van der Waals surface area contributed by atoms with Gasteiger partial charge in [0.15, 0.2) is 0 Å². The molecule has 3 fully saturated rings. The Hall–Kier alpha value is -1.81. The van der Waals surface area contributed by atoms with Crippen LogP contribution >= 0.6 is 11.6 Å². The number of carbonyl (C=O) groups is 2. The first-order valence-electron chi connectivity index (χ1n) is 12.3. The van der Waals surface area contributed by atoms with Crippen molar-refractivity contribution in [3.63, 3.8) is 0 Å². The number of hydrogen-bond donors (Lipinski definition) is 2. The van der Waals surface area contributed by atoms with Crippen LogP contribution in [0.3, 0.4) is 0 Å². The van der Waals surface area contributed by atoms with E-state index in [4.69, 9.17) is 11.6 Å². The Labute approximate surface area is 196 Å². The second-order valence-electron chi connectivity index (χ2n) is 11.0. The molecule has 4 aliphatic rings. The van der Waals surface area contributed by atoms with E-state index >= 15 is 0 Å². The minimum absolute atomic E-state index is 0.0620. The van der Waals surface area contributed by atoms with E-state index in [-0.39, 0.29) is 34.7 Å². The summed E-state index contributed by atoms with van der Waals surface area (Å²) < 4.78 is 0. The third kappa shape index (κ3) is 3.59. The van der Waals surface area contributed by atoms with Gasteiger partial charge in [0.05, 0.1) is 0 Å². The molecule has 2 N–H and O–H groups in total. The summed E-state index contributed by atoms with van der Waals surface area (Å²) in [5, 5.41) is 7.40. The molecule has 0 bridgehead atoms. The number of carbonyl (C=O) groups excluding carboxylic acids is 2. The summed E-state index contributed by atoms with van der Waals surface area (Å²) in [6.45, 7) is 4.78. The molecule has 32 heavy (non-hydrogen) atoms. The third-order valence-corrected chi connectivity index (χ3v) is 9.97. The van der Waals surface area contributed by atoms with Gasteiger partial charge in [0.1, 0.15) is 0 Å². The lowest BCUT2D eigenvalue weighted by Gasteiger charge is -2.58. The maximum atomic E-state index is 12.8. The fourth-order valence-corrected chi connectivity index (χ4v) is 8.02.